The molecule has 3 rings (SSSR count). The summed E-state index contributed by atoms with van der Waals surface area (Å²) in [6.07, 6.45) is 1.05. The quantitative estimate of drug-likeness (QED) is 0.816. The summed E-state index contributed by atoms with van der Waals surface area (Å²) in [6.45, 7) is 4.35. The fourth-order valence-corrected chi connectivity index (χ4v) is 5.76. The number of rotatable bonds is 5. The maximum absolute atomic E-state index is 12.4. The molecule has 0 aliphatic carbocycles. The lowest BCUT2D eigenvalue weighted by atomic mass is 10.1. The summed E-state index contributed by atoms with van der Waals surface area (Å²) in [5.74, 6) is 0. The number of benzene rings is 1. The van der Waals surface area contributed by atoms with Crippen LogP contribution in [-0.2, 0) is 23.0 Å². The second-order valence-electron chi connectivity index (χ2n) is 5.72. The molecule has 124 valence electrons. The van der Waals surface area contributed by atoms with Gasteiger partial charge in [-0.1, -0.05) is 12.1 Å². The second-order valence-corrected chi connectivity index (χ2v) is 9.31. The molecule has 0 fully saturated rings. The van der Waals surface area contributed by atoms with Crippen molar-refractivity contribution in [2.45, 2.75) is 30.8 Å². The summed E-state index contributed by atoms with van der Waals surface area (Å²) in [5, 5.41) is 2.13. The van der Waals surface area contributed by atoms with Gasteiger partial charge in [-0.15, -0.1) is 11.3 Å². The molecule has 1 atom stereocenters. The van der Waals surface area contributed by atoms with E-state index in [0.717, 1.165) is 19.5 Å². The van der Waals surface area contributed by atoms with Crippen LogP contribution in [0.1, 0.15) is 17.4 Å². The first-order chi connectivity index (χ1) is 11.0. The highest BCUT2D eigenvalue weighted by atomic mass is 79.9. The summed E-state index contributed by atoms with van der Waals surface area (Å²) in [5.41, 5.74) is 1.38. The molecule has 0 saturated carbocycles. The molecule has 0 radical (unpaired) electrons. The van der Waals surface area contributed by atoms with Crippen molar-refractivity contribution in [2.24, 2.45) is 0 Å². The Labute approximate surface area is 149 Å². The minimum Gasteiger partial charge on any atom is -0.295 e. The summed E-state index contributed by atoms with van der Waals surface area (Å²) in [6, 6.07) is 9.20. The molecule has 23 heavy (non-hydrogen) atoms. The van der Waals surface area contributed by atoms with Gasteiger partial charge in [0.15, 0.2) is 0 Å². The van der Waals surface area contributed by atoms with E-state index in [1.165, 1.54) is 10.4 Å². The molecule has 1 aromatic carbocycles. The lowest BCUT2D eigenvalue weighted by Crippen LogP contribution is -2.44. The maximum Gasteiger partial charge on any atom is 0.241 e. The fourth-order valence-electron chi connectivity index (χ4n) is 2.75. The smallest absolute Gasteiger partial charge is 0.241 e. The number of nitrogens with zero attached hydrogens (tertiary/aromatic N) is 1. The zero-order chi connectivity index (χ0) is 16.4. The Morgan fingerprint density at radius 2 is 2.13 bits per heavy atom. The lowest BCUT2D eigenvalue weighted by Gasteiger charge is -2.32. The highest BCUT2D eigenvalue weighted by molar-refractivity contribution is 9.10. The van der Waals surface area contributed by atoms with Crippen LogP contribution in [0.25, 0.3) is 0 Å². The highest BCUT2D eigenvalue weighted by Gasteiger charge is 2.23. The molecule has 4 nitrogen and oxygen atoms in total. The number of sulfonamides is 1. The van der Waals surface area contributed by atoms with Gasteiger partial charge < -0.3 is 0 Å². The molecule has 0 spiro atoms. The SMILES string of the molecule is C[C@@H](CNS(=O)(=O)c1ccccc1Br)N1CCc2sccc2C1. The Kier molecular flexibility index (Phi) is 5.22. The zero-order valence-corrected chi connectivity index (χ0v) is 16.0. The van der Waals surface area contributed by atoms with Gasteiger partial charge in [-0.3, -0.25) is 4.90 Å². The van der Waals surface area contributed by atoms with E-state index < -0.39 is 10.0 Å². The first kappa shape index (κ1) is 17.1. The number of hydrogen-bond acceptors (Lipinski definition) is 4. The predicted molar refractivity (Wildman–Crippen MR) is 97.2 cm³/mol. The number of nitrogens with one attached hydrogen (secondary N) is 1. The van der Waals surface area contributed by atoms with Crippen molar-refractivity contribution < 1.29 is 8.42 Å². The van der Waals surface area contributed by atoms with E-state index in [-0.39, 0.29) is 10.9 Å². The highest BCUT2D eigenvalue weighted by Crippen LogP contribution is 2.25. The van der Waals surface area contributed by atoms with Gasteiger partial charge in [0.25, 0.3) is 0 Å². The van der Waals surface area contributed by atoms with Gasteiger partial charge in [0.2, 0.25) is 10.0 Å². The van der Waals surface area contributed by atoms with Gasteiger partial charge in [0, 0.05) is 35.0 Å². The van der Waals surface area contributed by atoms with Crippen molar-refractivity contribution in [1.82, 2.24) is 9.62 Å². The molecule has 1 aromatic heterocycles. The van der Waals surface area contributed by atoms with Crippen LogP contribution in [0.15, 0.2) is 45.1 Å². The molecule has 1 aliphatic rings. The summed E-state index contributed by atoms with van der Waals surface area (Å²) in [4.78, 5) is 4.07. The second kappa shape index (κ2) is 7.03. The van der Waals surface area contributed by atoms with Crippen molar-refractivity contribution in [3.8, 4) is 0 Å². The third-order valence-corrected chi connectivity index (χ3v) is 7.61. The normalized spacial score (nSPS) is 17.0. The molecule has 1 aliphatic heterocycles. The van der Waals surface area contributed by atoms with Gasteiger partial charge in [0.05, 0.1) is 4.90 Å². The molecule has 2 heterocycles. The van der Waals surface area contributed by atoms with E-state index in [1.807, 2.05) is 11.3 Å². The maximum atomic E-state index is 12.4. The van der Waals surface area contributed by atoms with E-state index in [2.05, 4.69) is 43.9 Å². The molecule has 7 heteroatoms. The van der Waals surface area contributed by atoms with Crippen LogP contribution in [-0.4, -0.2) is 32.4 Å². The monoisotopic (exact) mass is 414 g/mol. The van der Waals surface area contributed by atoms with Crippen molar-refractivity contribution in [2.75, 3.05) is 13.1 Å². The summed E-state index contributed by atoms with van der Waals surface area (Å²) >= 11 is 5.11. The average Bonchev–Trinajstić information content (AvgIpc) is 3.00. The standard InChI is InChI=1S/C16H19BrN2O2S2/c1-12(19-8-6-15-13(11-19)7-9-22-15)10-18-23(20,21)16-5-3-2-4-14(16)17/h2-5,7,9,12,18H,6,8,10-11H2,1H3/t12-/m0/s1. The largest absolute Gasteiger partial charge is 0.295 e. The molecule has 0 amide bonds. The van der Waals surface area contributed by atoms with E-state index >= 15 is 0 Å². The van der Waals surface area contributed by atoms with Crippen LogP contribution < -0.4 is 4.72 Å². The molecule has 0 bridgehead atoms. The predicted octanol–water partition coefficient (Wildman–Crippen LogP) is 3.24. The topological polar surface area (TPSA) is 49.4 Å². The number of hydrogen-bond donors (Lipinski definition) is 1. The van der Waals surface area contributed by atoms with E-state index in [9.17, 15) is 8.42 Å². The van der Waals surface area contributed by atoms with Crippen LogP contribution >= 0.6 is 27.3 Å². The number of halogens is 1. The molecular weight excluding hydrogens is 396 g/mol. The molecular formula is C16H19BrN2O2S2. The van der Waals surface area contributed by atoms with Gasteiger partial charge in [0.1, 0.15) is 0 Å². The van der Waals surface area contributed by atoms with Gasteiger partial charge in [-0.25, -0.2) is 13.1 Å². The Hall–Kier alpha value is -0.730. The number of fused-ring (bicyclic) bond motifs is 1. The Morgan fingerprint density at radius 1 is 1.35 bits per heavy atom. The Morgan fingerprint density at radius 3 is 2.91 bits per heavy atom. The first-order valence-electron chi connectivity index (χ1n) is 7.51. The van der Waals surface area contributed by atoms with Gasteiger partial charge >= 0.3 is 0 Å². The van der Waals surface area contributed by atoms with E-state index in [4.69, 9.17) is 0 Å². The Bertz CT molecular complexity index is 789. The average molecular weight is 415 g/mol. The molecule has 2 aromatic rings. The zero-order valence-electron chi connectivity index (χ0n) is 12.8. The van der Waals surface area contributed by atoms with Crippen LogP contribution in [0.3, 0.4) is 0 Å². The third kappa shape index (κ3) is 3.85. The third-order valence-electron chi connectivity index (χ3n) is 4.16. The van der Waals surface area contributed by atoms with Gasteiger partial charge in [-0.2, -0.15) is 0 Å². The summed E-state index contributed by atoms with van der Waals surface area (Å²) < 4.78 is 28.2. The molecule has 0 unspecified atom stereocenters. The molecule has 1 N–H and O–H groups in total. The summed E-state index contributed by atoms with van der Waals surface area (Å²) in [7, 11) is -3.50. The van der Waals surface area contributed by atoms with Crippen molar-refractivity contribution >= 4 is 37.3 Å². The van der Waals surface area contributed by atoms with Crippen LogP contribution in [0.4, 0.5) is 0 Å². The minimum atomic E-state index is -3.50. The van der Waals surface area contributed by atoms with E-state index in [0.29, 0.717) is 11.0 Å². The van der Waals surface area contributed by atoms with Crippen molar-refractivity contribution in [1.29, 1.82) is 0 Å². The van der Waals surface area contributed by atoms with Crippen LogP contribution in [0.2, 0.25) is 0 Å². The lowest BCUT2D eigenvalue weighted by molar-refractivity contribution is 0.193. The van der Waals surface area contributed by atoms with Crippen molar-refractivity contribution in [3.05, 3.63) is 50.6 Å². The van der Waals surface area contributed by atoms with Crippen LogP contribution in [0, 0.1) is 0 Å². The minimum absolute atomic E-state index is 0.153. The Balaban J connectivity index is 1.63. The fraction of sp³-hybridized carbons (Fsp3) is 0.375. The van der Waals surface area contributed by atoms with Gasteiger partial charge in [-0.05, 0) is 58.4 Å². The first-order valence-corrected chi connectivity index (χ1v) is 10.7. The van der Waals surface area contributed by atoms with Crippen LogP contribution in [0.5, 0.6) is 0 Å². The van der Waals surface area contributed by atoms with Crippen molar-refractivity contribution in [3.63, 3.8) is 0 Å². The number of thiophene rings is 1. The molecule has 0 saturated heterocycles. The van der Waals surface area contributed by atoms with E-state index in [1.54, 1.807) is 24.3 Å².